The third kappa shape index (κ3) is 1.78. The first-order valence-electron chi connectivity index (χ1n) is 5.17. The molecule has 0 amide bonds. The molecule has 1 aliphatic heterocycles. The number of aliphatic carboxylic acids is 1. The van der Waals surface area contributed by atoms with Crippen LogP contribution in [0, 0.1) is 5.92 Å². The molecule has 0 fully saturated rings. The molecule has 2 atom stereocenters. The lowest BCUT2D eigenvalue weighted by molar-refractivity contribution is -0.141. The molecule has 86 valence electrons. The van der Waals surface area contributed by atoms with E-state index in [9.17, 15) is 4.79 Å². The van der Waals surface area contributed by atoms with Gasteiger partial charge in [0.05, 0.1) is 17.9 Å². The highest BCUT2D eigenvalue weighted by Crippen LogP contribution is 2.47. The number of carboxylic acid groups (broad SMARTS) is 1. The predicted octanol–water partition coefficient (Wildman–Crippen LogP) is 2.61. The summed E-state index contributed by atoms with van der Waals surface area (Å²) in [6.07, 6.45) is 0. The highest BCUT2D eigenvalue weighted by atomic mass is 32.2. The van der Waals surface area contributed by atoms with Gasteiger partial charge in [0.1, 0.15) is 5.75 Å². The molecule has 0 saturated carbocycles. The van der Waals surface area contributed by atoms with Crippen LogP contribution in [0.25, 0.3) is 0 Å². The highest BCUT2D eigenvalue weighted by Gasteiger charge is 2.33. The molecule has 1 aromatic carbocycles. The van der Waals surface area contributed by atoms with Crippen LogP contribution in [0.3, 0.4) is 0 Å². The number of carbonyl (C=O) groups is 1. The van der Waals surface area contributed by atoms with Crippen molar-refractivity contribution in [3.63, 3.8) is 0 Å². The van der Waals surface area contributed by atoms with Gasteiger partial charge in [-0.2, -0.15) is 0 Å². The fraction of sp³-hybridized carbons (Fsp3) is 0.417. The average Bonchev–Trinajstić information content (AvgIpc) is 2.71. The van der Waals surface area contributed by atoms with E-state index >= 15 is 0 Å². The van der Waals surface area contributed by atoms with Gasteiger partial charge in [-0.15, -0.1) is 11.8 Å². The number of carboxylic acids is 1. The predicted molar refractivity (Wildman–Crippen MR) is 63.3 cm³/mol. The number of benzene rings is 1. The summed E-state index contributed by atoms with van der Waals surface area (Å²) >= 11 is 1.68. The summed E-state index contributed by atoms with van der Waals surface area (Å²) in [7, 11) is 1.64. The zero-order valence-electron chi connectivity index (χ0n) is 9.27. The molecule has 1 aliphatic rings. The van der Waals surface area contributed by atoms with Crippen LogP contribution in [0.5, 0.6) is 5.75 Å². The Hall–Kier alpha value is -1.16. The summed E-state index contributed by atoms with van der Waals surface area (Å²) in [4.78, 5) is 12.1. The van der Waals surface area contributed by atoms with Crippen molar-refractivity contribution in [1.29, 1.82) is 0 Å². The molecular weight excluding hydrogens is 224 g/mol. The second-order valence-electron chi connectivity index (χ2n) is 3.92. The van der Waals surface area contributed by atoms with Crippen molar-refractivity contribution in [1.82, 2.24) is 0 Å². The number of hydrogen-bond acceptors (Lipinski definition) is 3. The van der Waals surface area contributed by atoms with Gasteiger partial charge < -0.3 is 9.84 Å². The van der Waals surface area contributed by atoms with E-state index in [0.717, 1.165) is 22.0 Å². The number of hydrogen-bond donors (Lipinski definition) is 1. The Kier molecular flexibility index (Phi) is 3.10. The molecule has 1 N–H and O–H groups in total. The Labute approximate surface area is 98.8 Å². The molecule has 0 aromatic heterocycles. The van der Waals surface area contributed by atoms with Gasteiger partial charge in [0.25, 0.3) is 0 Å². The molecule has 0 aliphatic carbocycles. The molecular formula is C12H14O3S. The van der Waals surface area contributed by atoms with Crippen LogP contribution in [0.15, 0.2) is 23.1 Å². The molecule has 3 nitrogen and oxygen atoms in total. The molecule has 1 heterocycles. The Balaban J connectivity index is 2.37. The second-order valence-corrected chi connectivity index (χ2v) is 4.95. The van der Waals surface area contributed by atoms with Crippen LogP contribution in [0.1, 0.15) is 18.4 Å². The first-order valence-corrected chi connectivity index (χ1v) is 6.16. The minimum Gasteiger partial charge on any atom is -0.496 e. The van der Waals surface area contributed by atoms with Crippen LogP contribution >= 0.6 is 11.8 Å². The van der Waals surface area contributed by atoms with Gasteiger partial charge in [0.15, 0.2) is 0 Å². The summed E-state index contributed by atoms with van der Waals surface area (Å²) in [5, 5.41) is 9.05. The SMILES string of the molecule is COc1cccc2c1SCC2C(C)C(=O)O. The van der Waals surface area contributed by atoms with Crippen molar-refractivity contribution in [3.05, 3.63) is 23.8 Å². The van der Waals surface area contributed by atoms with E-state index < -0.39 is 5.97 Å². The van der Waals surface area contributed by atoms with Crippen molar-refractivity contribution in [2.24, 2.45) is 5.92 Å². The first kappa shape index (κ1) is 11.3. The smallest absolute Gasteiger partial charge is 0.306 e. The van der Waals surface area contributed by atoms with E-state index in [-0.39, 0.29) is 11.8 Å². The van der Waals surface area contributed by atoms with E-state index in [2.05, 4.69) is 0 Å². The number of ether oxygens (including phenoxy) is 1. The largest absolute Gasteiger partial charge is 0.496 e. The number of thioether (sulfide) groups is 1. The fourth-order valence-corrected chi connectivity index (χ4v) is 3.48. The molecule has 2 unspecified atom stereocenters. The van der Waals surface area contributed by atoms with E-state index in [4.69, 9.17) is 9.84 Å². The topological polar surface area (TPSA) is 46.5 Å². The normalized spacial score (nSPS) is 20.2. The Morgan fingerprint density at radius 2 is 2.38 bits per heavy atom. The average molecular weight is 238 g/mol. The van der Waals surface area contributed by atoms with Crippen LogP contribution in [-0.2, 0) is 4.79 Å². The van der Waals surface area contributed by atoms with Crippen molar-refractivity contribution < 1.29 is 14.6 Å². The van der Waals surface area contributed by atoms with Crippen LogP contribution in [-0.4, -0.2) is 23.9 Å². The number of rotatable bonds is 3. The first-order chi connectivity index (χ1) is 7.65. The summed E-state index contributed by atoms with van der Waals surface area (Å²) in [6.45, 7) is 1.77. The van der Waals surface area contributed by atoms with E-state index in [1.54, 1.807) is 25.8 Å². The van der Waals surface area contributed by atoms with Gasteiger partial charge in [-0.05, 0) is 11.6 Å². The van der Waals surface area contributed by atoms with Gasteiger partial charge in [-0.3, -0.25) is 4.79 Å². The zero-order valence-corrected chi connectivity index (χ0v) is 10.1. The van der Waals surface area contributed by atoms with E-state index in [1.165, 1.54) is 0 Å². The van der Waals surface area contributed by atoms with Gasteiger partial charge in [-0.25, -0.2) is 0 Å². The van der Waals surface area contributed by atoms with Crippen molar-refractivity contribution in [2.75, 3.05) is 12.9 Å². The summed E-state index contributed by atoms with van der Waals surface area (Å²) in [6, 6.07) is 5.84. The monoisotopic (exact) mass is 238 g/mol. The van der Waals surface area contributed by atoms with Crippen molar-refractivity contribution in [3.8, 4) is 5.75 Å². The van der Waals surface area contributed by atoms with E-state index in [1.807, 2.05) is 18.2 Å². The second kappa shape index (κ2) is 4.37. The van der Waals surface area contributed by atoms with E-state index in [0.29, 0.717) is 0 Å². The summed E-state index contributed by atoms with van der Waals surface area (Å²) in [5.41, 5.74) is 1.11. The summed E-state index contributed by atoms with van der Waals surface area (Å²) in [5.74, 6) is 0.681. The van der Waals surface area contributed by atoms with Gasteiger partial charge in [0, 0.05) is 11.7 Å². The van der Waals surface area contributed by atoms with Gasteiger partial charge >= 0.3 is 5.97 Å². The lowest BCUT2D eigenvalue weighted by Gasteiger charge is -2.15. The number of methoxy groups -OCH3 is 1. The molecule has 16 heavy (non-hydrogen) atoms. The Morgan fingerprint density at radius 1 is 1.62 bits per heavy atom. The third-order valence-electron chi connectivity index (χ3n) is 3.03. The van der Waals surface area contributed by atoms with Gasteiger partial charge in [0.2, 0.25) is 0 Å². The maximum atomic E-state index is 11.0. The minimum atomic E-state index is -0.735. The molecule has 0 spiro atoms. The van der Waals surface area contributed by atoms with Crippen LogP contribution in [0.4, 0.5) is 0 Å². The Morgan fingerprint density at radius 3 is 3.00 bits per heavy atom. The quantitative estimate of drug-likeness (QED) is 0.879. The maximum Gasteiger partial charge on any atom is 0.306 e. The van der Waals surface area contributed by atoms with Gasteiger partial charge in [-0.1, -0.05) is 19.1 Å². The molecule has 0 saturated heterocycles. The zero-order chi connectivity index (χ0) is 11.7. The number of fused-ring (bicyclic) bond motifs is 1. The molecule has 2 rings (SSSR count). The lowest BCUT2D eigenvalue weighted by Crippen LogP contribution is -2.18. The summed E-state index contributed by atoms with van der Waals surface area (Å²) < 4.78 is 5.28. The van der Waals surface area contributed by atoms with Crippen molar-refractivity contribution >= 4 is 17.7 Å². The molecule has 0 radical (unpaired) electrons. The molecule has 4 heteroatoms. The highest BCUT2D eigenvalue weighted by molar-refractivity contribution is 7.99. The Bertz CT molecular complexity index is 417. The minimum absolute atomic E-state index is 0.0904. The standard InChI is InChI=1S/C12H14O3S/c1-7(12(13)14)9-6-16-11-8(9)4-3-5-10(11)15-2/h3-5,7,9H,6H2,1-2H3,(H,13,14). The molecule has 1 aromatic rings. The van der Waals surface area contributed by atoms with Crippen molar-refractivity contribution in [2.45, 2.75) is 17.7 Å². The maximum absolute atomic E-state index is 11.0. The third-order valence-corrected chi connectivity index (χ3v) is 4.28. The van der Waals surface area contributed by atoms with Crippen LogP contribution < -0.4 is 4.74 Å². The lowest BCUT2D eigenvalue weighted by atomic mass is 9.89. The fourth-order valence-electron chi connectivity index (χ4n) is 1.99. The van der Waals surface area contributed by atoms with Crippen LogP contribution in [0.2, 0.25) is 0 Å². The molecule has 0 bridgehead atoms.